The number of fused-ring (bicyclic) bond motifs is 1. The maximum absolute atomic E-state index is 10.8. The van der Waals surface area contributed by atoms with E-state index in [2.05, 4.69) is 59.9 Å². The number of hydrogen-bond donors (Lipinski definition) is 3. The number of aliphatic hydroxyl groups is 1. The molecular formula is C25H27N7OS. The van der Waals surface area contributed by atoms with Gasteiger partial charge in [-0.25, -0.2) is 15.0 Å². The molecule has 3 N–H and O–H groups in total. The van der Waals surface area contributed by atoms with Gasteiger partial charge < -0.3 is 25.2 Å². The van der Waals surface area contributed by atoms with Crippen LogP contribution in [0.15, 0.2) is 48.4 Å². The van der Waals surface area contributed by atoms with E-state index < -0.39 is 5.60 Å². The highest BCUT2D eigenvalue weighted by Crippen LogP contribution is 2.32. The number of piperazine rings is 1. The molecule has 0 amide bonds. The van der Waals surface area contributed by atoms with Crippen LogP contribution in [0.2, 0.25) is 0 Å². The zero-order valence-electron chi connectivity index (χ0n) is 19.2. The van der Waals surface area contributed by atoms with Crippen molar-refractivity contribution >= 4 is 39.6 Å². The summed E-state index contributed by atoms with van der Waals surface area (Å²) in [5, 5.41) is 17.6. The Morgan fingerprint density at radius 2 is 2.03 bits per heavy atom. The van der Waals surface area contributed by atoms with Crippen LogP contribution in [0.3, 0.4) is 0 Å². The number of H-pyrrole nitrogens is 1. The Morgan fingerprint density at radius 1 is 1.18 bits per heavy atom. The van der Waals surface area contributed by atoms with E-state index in [0.717, 1.165) is 66.5 Å². The van der Waals surface area contributed by atoms with Gasteiger partial charge >= 0.3 is 0 Å². The van der Waals surface area contributed by atoms with E-state index in [4.69, 9.17) is 0 Å². The van der Waals surface area contributed by atoms with E-state index >= 15 is 0 Å². The molecule has 1 saturated heterocycles. The lowest BCUT2D eigenvalue weighted by molar-refractivity contribution is 0.122. The molecule has 1 unspecified atom stereocenters. The predicted molar refractivity (Wildman–Crippen MR) is 137 cm³/mol. The molecule has 0 bridgehead atoms. The Balaban J connectivity index is 1.50. The Bertz CT molecular complexity index is 1330. The van der Waals surface area contributed by atoms with Gasteiger partial charge in [0.1, 0.15) is 22.8 Å². The molecule has 1 fully saturated rings. The van der Waals surface area contributed by atoms with Gasteiger partial charge in [-0.3, -0.25) is 0 Å². The van der Waals surface area contributed by atoms with Gasteiger partial charge in [-0.2, -0.15) is 0 Å². The first-order valence-corrected chi connectivity index (χ1v) is 12.2. The van der Waals surface area contributed by atoms with Crippen LogP contribution in [0.1, 0.15) is 24.4 Å². The summed E-state index contributed by atoms with van der Waals surface area (Å²) in [6.07, 6.45) is 5.09. The lowest BCUT2D eigenvalue weighted by Gasteiger charge is -2.36. The first kappa shape index (κ1) is 22.3. The van der Waals surface area contributed by atoms with Crippen molar-refractivity contribution in [2.45, 2.75) is 19.4 Å². The van der Waals surface area contributed by atoms with Crippen LogP contribution >= 0.6 is 11.3 Å². The van der Waals surface area contributed by atoms with Gasteiger partial charge in [0.05, 0.1) is 16.8 Å². The van der Waals surface area contributed by atoms with Gasteiger partial charge in [-0.05, 0) is 37.7 Å². The molecule has 1 aliphatic heterocycles. The number of rotatable bonds is 5. The molecule has 0 spiro atoms. The van der Waals surface area contributed by atoms with Crippen LogP contribution in [0, 0.1) is 11.8 Å². The van der Waals surface area contributed by atoms with Crippen molar-refractivity contribution in [3.05, 3.63) is 58.9 Å². The molecule has 1 atom stereocenters. The number of hydrogen-bond acceptors (Lipinski definition) is 8. The molecule has 4 aromatic rings. The van der Waals surface area contributed by atoms with E-state index in [0.29, 0.717) is 5.01 Å². The molecular weight excluding hydrogens is 446 g/mol. The summed E-state index contributed by atoms with van der Waals surface area (Å²) < 4.78 is 0. The SMILES string of the molecule is CCN1CCN(c2ccc(C#CC(C)(O)c3nccs3)cc2Nc2ncnc3[nH]ccc23)CC1. The van der Waals surface area contributed by atoms with Gasteiger partial charge in [0.15, 0.2) is 5.60 Å². The number of nitrogens with one attached hydrogen (secondary N) is 2. The molecule has 0 radical (unpaired) electrons. The summed E-state index contributed by atoms with van der Waals surface area (Å²) in [7, 11) is 0. The first-order chi connectivity index (χ1) is 16.5. The lowest BCUT2D eigenvalue weighted by atomic mass is 10.1. The maximum Gasteiger partial charge on any atom is 0.174 e. The van der Waals surface area contributed by atoms with Gasteiger partial charge in [0.2, 0.25) is 0 Å². The number of aromatic nitrogens is 4. The number of thiazole rings is 1. The van der Waals surface area contributed by atoms with Crippen molar-refractivity contribution in [2.24, 2.45) is 0 Å². The second kappa shape index (κ2) is 9.43. The molecule has 174 valence electrons. The zero-order chi connectivity index (χ0) is 23.5. The molecule has 4 heterocycles. The fourth-order valence-corrected chi connectivity index (χ4v) is 4.76. The van der Waals surface area contributed by atoms with Crippen molar-refractivity contribution in [3.8, 4) is 11.8 Å². The maximum atomic E-state index is 10.8. The number of benzene rings is 1. The standard InChI is InChI=1S/C25H27N7OS/c1-3-31-11-13-32(14-12-31)21-5-4-18(6-8-25(2,33)24-27-10-15-34-24)16-20(21)30-23-19-7-9-26-22(19)28-17-29-23/h4-5,7,9-10,15-17,33H,3,11-14H2,1-2H3,(H2,26,28,29,30). The third kappa shape index (κ3) is 4.61. The van der Waals surface area contributed by atoms with Crippen molar-refractivity contribution in [1.82, 2.24) is 24.8 Å². The summed E-state index contributed by atoms with van der Waals surface area (Å²) in [6, 6.07) is 8.09. The van der Waals surface area contributed by atoms with E-state index in [9.17, 15) is 5.11 Å². The Labute approximate surface area is 202 Å². The monoisotopic (exact) mass is 473 g/mol. The van der Waals surface area contributed by atoms with E-state index in [1.54, 1.807) is 19.4 Å². The third-order valence-corrected chi connectivity index (χ3v) is 7.05. The second-order valence-electron chi connectivity index (χ2n) is 8.40. The van der Waals surface area contributed by atoms with Crippen LogP contribution in [-0.2, 0) is 5.60 Å². The molecule has 5 rings (SSSR count). The topological polar surface area (TPSA) is 93.2 Å². The molecule has 0 saturated carbocycles. The quantitative estimate of drug-likeness (QED) is 0.382. The average molecular weight is 474 g/mol. The predicted octanol–water partition coefficient (Wildman–Crippen LogP) is 3.56. The second-order valence-corrected chi connectivity index (χ2v) is 9.29. The number of likely N-dealkylation sites (N-methyl/N-ethyl adjacent to an activating group) is 1. The van der Waals surface area contributed by atoms with Gasteiger partial charge in [-0.15, -0.1) is 11.3 Å². The summed E-state index contributed by atoms with van der Waals surface area (Å²) in [6.45, 7) is 8.91. The molecule has 3 aromatic heterocycles. The van der Waals surface area contributed by atoms with Crippen molar-refractivity contribution in [2.75, 3.05) is 42.9 Å². The highest BCUT2D eigenvalue weighted by atomic mass is 32.1. The van der Waals surface area contributed by atoms with Crippen LogP contribution in [0.5, 0.6) is 0 Å². The molecule has 9 heteroatoms. The van der Waals surface area contributed by atoms with E-state index in [-0.39, 0.29) is 0 Å². The van der Waals surface area contributed by atoms with Gasteiger partial charge in [-0.1, -0.05) is 18.8 Å². The highest BCUT2D eigenvalue weighted by Gasteiger charge is 2.23. The molecule has 0 aliphatic carbocycles. The summed E-state index contributed by atoms with van der Waals surface area (Å²) >= 11 is 1.39. The smallest absolute Gasteiger partial charge is 0.174 e. The minimum Gasteiger partial charge on any atom is -0.371 e. The Kier molecular flexibility index (Phi) is 6.20. The average Bonchev–Trinajstić information content (AvgIpc) is 3.56. The van der Waals surface area contributed by atoms with Crippen molar-refractivity contribution in [1.29, 1.82) is 0 Å². The van der Waals surface area contributed by atoms with Crippen LogP contribution in [-0.4, -0.2) is 62.7 Å². The van der Waals surface area contributed by atoms with Gasteiger partial charge in [0, 0.05) is 49.5 Å². The normalized spacial score (nSPS) is 16.1. The molecule has 8 nitrogen and oxygen atoms in total. The Morgan fingerprint density at radius 3 is 2.79 bits per heavy atom. The summed E-state index contributed by atoms with van der Waals surface area (Å²) in [4.78, 5) is 21.0. The first-order valence-electron chi connectivity index (χ1n) is 11.4. The summed E-state index contributed by atoms with van der Waals surface area (Å²) in [5.41, 5.74) is 2.31. The van der Waals surface area contributed by atoms with Crippen molar-refractivity contribution in [3.63, 3.8) is 0 Å². The molecule has 1 aromatic carbocycles. The fraction of sp³-hybridized carbons (Fsp3) is 0.320. The molecule has 1 aliphatic rings. The van der Waals surface area contributed by atoms with Crippen LogP contribution in [0.4, 0.5) is 17.2 Å². The lowest BCUT2D eigenvalue weighted by Crippen LogP contribution is -2.46. The number of aromatic amines is 1. The van der Waals surface area contributed by atoms with E-state index in [1.807, 2.05) is 29.8 Å². The van der Waals surface area contributed by atoms with Gasteiger partial charge in [0.25, 0.3) is 0 Å². The fourth-order valence-electron chi connectivity index (χ4n) is 4.11. The zero-order valence-corrected chi connectivity index (χ0v) is 20.1. The highest BCUT2D eigenvalue weighted by molar-refractivity contribution is 7.09. The molecule has 34 heavy (non-hydrogen) atoms. The number of nitrogens with zero attached hydrogens (tertiary/aromatic N) is 5. The minimum absolute atomic E-state index is 0.583. The van der Waals surface area contributed by atoms with Crippen LogP contribution < -0.4 is 10.2 Å². The van der Waals surface area contributed by atoms with Crippen LogP contribution in [0.25, 0.3) is 11.0 Å². The van der Waals surface area contributed by atoms with E-state index in [1.165, 1.54) is 11.3 Å². The number of anilines is 3. The van der Waals surface area contributed by atoms with Crippen molar-refractivity contribution < 1.29 is 5.11 Å². The Hall–Kier alpha value is -3.45. The minimum atomic E-state index is -1.30. The summed E-state index contributed by atoms with van der Waals surface area (Å²) in [5.74, 6) is 6.86. The third-order valence-electron chi connectivity index (χ3n) is 6.06. The largest absolute Gasteiger partial charge is 0.371 e.